The van der Waals surface area contributed by atoms with Crippen LogP contribution in [0.3, 0.4) is 0 Å². The Labute approximate surface area is 182 Å². The zero-order chi connectivity index (χ0) is 21.9. The van der Waals surface area contributed by atoms with Gasteiger partial charge in [-0.05, 0) is 25.7 Å². The van der Waals surface area contributed by atoms with Gasteiger partial charge in [0.25, 0.3) is 0 Å². The molecule has 2 aliphatic heterocycles. The van der Waals surface area contributed by atoms with E-state index in [4.69, 9.17) is 19.9 Å². The molecule has 30 heavy (non-hydrogen) atoms. The molecule has 0 aromatic rings. The first-order valence-corrected chi connectivity index (χ1v) is 11.7. The van der Waals surface area contributed by atoms with Crippen LogP contribution in [0.15, 0.2) is 10.3 Å². The summed E-state index contributed by atoms with van der Waals surface area (Å²) in [7, 11) is 0. The molecule has 2 saturated heterocycles. The molecule has 0 spiro atoms. The number of rotatable bonds is 12. The number of oxime groups is 2. The first kappa shape index (κ1) is 26.8. The quantitative estimate of drug-likeness (QED) is 0.281. The summed E-state index contributed by atoms with van der Waals surface area (Å²) >= 11 is 0. The Hall–Kier alpha value is -1.22. The highest BCUT2D eigenvalue weighted by atomic mass is 16.5. The van der Waals surface area contributed by atoms with Crippen molar-refractivity contribution >= 4 is 11.4 Å². The van der Waals surface area contributed by atoms with Gasteiger partial charge in [0.15, 0.2) is 0 Å². The average molecular weight is 429 g/mol. The Morgan fingerprint density at radius 1 is 0.667 bits per heavy atom. The highest BCUT2D eigenvalue weighted by Gasteiger charge is 2.15. The maximum absolute atomic E-state index is 8.60. The summed E-state index contributed by atoms with van der Waals surface area (Å²) in [6, 6.07) is 0. The van der Waals surface area contributed by atoms with Crippen LogP contribution in [-0.2, 0) is 9.47 Å². The molecule has 0 aromatic carbocycles. The van der Waals surface area contributed by atoms with Crippen molar-refractivity contribution in [3.8, 4) is 0 Å². The highest BCUT2D eigenvalue weighted by molar-refractivity contribution is 5.85. The van der Waals surface area contributed by atoms with Crippen molar-refractivity contribution in [2.75, 3.05) is 65.7 Å². The lowest BCUT2D eigenvalue weighted by Gasteiger charge is -2.26. The number of likely N-dealkylation sites (tertiary alicyclic amines) is 2. The van der Waals surface area contributed by atoms with E-state index in [1.165, 1.54) is 0 Å². The molecule has 2 rings (SSSR count). The van der Waals surface area contributed by atoms with E-state index in [-0.39, 0.29) is 0 Å². The molecule has 2 N–H and O–H groups in total. The van der Waals surface area contributed by atoms with Crippen LogP contribution in [0, 0.1) is 0 Å². The predicted molar refractivity (Wildman–Crippen MR) is 121 cm³/mol. The summed E-state index contributed by atoms with van der Waals surface area (Å²) in [5, 5.41) is 23.7. The second kappa shape index (κ2) is 18.5. The van der Waals surface area contributed by atoms with Crippen LogP contribution in [0.1, 0.15) is 65.2 Å². The van der Waals surface area contributed by atoms with Gasteiger partial charge in [-0.15, -0.1) is 0 Å². The molecular weight excluding hydrogens is 384 g/mol. The van der Waals surface area contributed by atoms with Gasteiger partial charge >= 0.3 is 0 Å². The smallest absolute Gasteiger partial charge is 0.0596 e. The third-order valence-electron chi connectivity index (χ3n) is 5.37. The minimum absolute atomic E-state index is 0.866. The van der Waals surface area contributed by atoms with Crippen LogP contribution in [-0.4, -0.2) is 97.3 Å². The van der Waals surface area contributed by atoms with Crippen LogP contribution in [0.5, 0.6) is 0 Å². The van der Waals surface area contributed by atoms with E-state index in [2.05, 4.69) is 34.0 Å². The molecule has 0 amide bonds. The molecule has 0 saturated carbocycles. The van der Waals surface area contributed by atoms with Crippen LogP contribution in [0.2, 0.25) is 0 Å². The molecule has 0 atom stereocenters. The second-order valence-electron chi connectivity index (χ2n) is 7.95. The van der Waals surface area contributed by atoms with Crippen LogP contribution < -0.4 is 0 Å². The van der Waals surface area contributed by atoms with Crippen molar-refractivity contribution in [1.29, 1.82) is 0 Å². The molecule has 2 aliphatic rings. The van der Waals surface area contributed by atoms with E-state index in [1.807, 2.05) is 0 Å². The Kier molecular flexibility index (Phi) is 16.6. The Morgan fingerprint density at radius 2 is 1.03 bits per heavy atom. The fourth-order valence-corrected chi connectivity index (χ4v) is 3.54. The maximum atomic E-state index is 8.60. The zero-order valence-corrected chi connectivity index (χ0v) is 19.2. The molecule has 0 bridgehead atoms. The summed E-state index contributed by atoms with van der Waals surface area (Å²) in [6.07, 6.45) is 8.04. The second-order valence-corrected chi connectivity index (χ2v) is 7.95. The van der Waals surface area contributed by atoms with Gasteiger partial charge in [-0.25, -0.2) is 0 Å². The fraction of sp³-hybridized carbons (Fsp3) is 0.909. The van der Waals surface area contributed by atoms with Crippen molar-refractivity contribution in [2.45, 2.75) is 65.2 Å². The van der Waals surface area contributed by atoms with E-state index in [1.54, 1.807) is 0 Å². The van der Waals surface area contributed by atoms with Crippen LogP contribution in [0.25, 0.3) is 0 Å². The summed E-state index contributed by atoms with van der Waals surface area (Å²) in [6.45, 7) is 14.0. The molecule has 2 heterocycles. The SMILES string of the molecule is CCCOCCCN1CCC(=NO)CC1.CCCOCCCN1CCC(=NO)CC1. The normalized spacial score (nSPS) is 18.1. The molecule has 0 radical (unpaired) electrons. The van der Waals surface area contributed by atoms with E-state index >= 15 is 0 Å². The number of piperidine rings is 2. The summed E-state index contributed by atoms with van der Waals surface area (Å²) in [5.41, 5.74) is 1.88. The van der Waals surface area contributed by atoms with Crippen LogP contribution in [0.4, 0.5) is 0 Å². The highest BCUT2D eigenvalue weighted by Crippen LogP contribution is 2.08. The van der Waals surface area contributed by atoms with Gasteiger partial charge in [-0.2, -0.15) is 0 Å². The average Bonchev–Trinajstić information content (AvgIpc) is 2.80. The van der Waals surface area contributed by atoms with Gasteiger partial charge in [0, 0.05) is 91.4 Å². The van der Waals surface area contributed by atoms with Gasteiger partial charge in [-0.1, -0.05) is 24.2 Å². The van der Waals surface area contributed by atoms with Crippen LogP contribution >= 0.6 is 0 Å². The lowest BCUT2D eigenvalue weighted by atomic mass is 10.1. The van der Waals surface area contributed by atoms with Gasteiger partial charge < -0.3 is 29.7 Å². The van der Waals surface area contributed by atoms with Crippen molar-refractivity contribution in [2.24, 2.45) is 10.3 Å². The standard InChI is InChI=1S/2C11H22N2O2/c2*1-2-9-15-10-3-6-13-7-4-11(12-14)5-8-13/h2*14H,2-10H2,1H3. The number of nitrogens with zero attached hydrogens (tertiary/aromatic N) is 4. The topological polar surface area (TPSA) is 90.1 Å². The molecule has 0 aromatic heterocycles. The van der Waals surface area contributed by atoms with Crippen molar-refractivity contribution in [1.82, 2.24) is 9.80 Å². The minimum atomic E-state index is 0.866. The summed E-state index contributed by atoms with van der Waals surface area (Å²) < 4.78 is 10.9. The van der Waals surface area contributed by atoms with E-state index < -0.39 is 0 Å². The Balaban J connectivity index is 0.000000300. The van der Waals surface area contributed by atoms with Gasteiger partial charge in [-0.3, -0.25) is 0 Å². The molecule has 0 aliphatic carbocycles. The predicted octanol–water partition coefficient (Wildman–Crippen LogP) is 3.46. The van der Waals surface area contributed by atoms with E-state index in [0.717, 1.165) is 128 Å². The molecule has 8 heteroatoms. The number of hydrogen-bond donors (Lipinski definition) is 2. The van der Waals surface area contributed by atoms with Crippen molar-refractivity contribution in [3.05, 3.63) is 0 Å². The Morgan fingerprint density at radius 3 is 1.33 bits per heavy atom. The summed E-state index contributed by atoms with van der Waals surface area (Å²) in [5.74, 6) is 0. The molecule has 2 fully saturated rings. The lowest BCUT2D eigenvalue weighted by Crippen LogP contribution is -2.35. The first-order chi connectivity index (χ1) is 14.7. The van der Waals surface area contributed by atoms with Gasteiger partial charge in [0.1, 0.15) is 0 Å². The fourth-order valence-electron chi connectivity index (χ4n) is 3.54. The van der Waals surface area contributed by atoms with Crippen molar-refractivity contribution in [3.63, 3.8) is 0 Å². The number of ether oxygens (including phenoxy) is 2. The van der Waals surface area contributed by atoms with Crippen molar-refractivity contribution < 1.29 is 19.9 Å². The minimum Gasteiger partial charge on any atom is -0.411 e. The number of hydrogen-bond acceptors (Lipinski definition) is 8. The molecule has 176 valence electrons. The zero-order valence-electron chi connectivity index (χ0n) is 19.2. The molecule has 8 nitrogen and oxygen atoms in total. The van der Waals surface area contributed by atoms with E-state index in [0.29, 0.717) is 0 Å². The Bertz CT molecular complexity index is 412. The molecular formula is C22H44N4O4. The maximum Gasteiger partial charge on any atom is 0.0596 e. The van der Waals surface area contributed by atoms with Gasteiger partial charge in [0.05, 0.1) is 11.4 Å². The summed E-state index contributed by atoms with van der Waals surface area (Å²) in [4.78, 5) is 4.81. The third kappa shape index (κ3) is 13.2. The lowest BCUT2D eigenvalue weighted by molar-refractivity contribution is 0.120. The first-order valence-electron chi connectivity index (χ1n) is 11.7. The van der Waals surface area contributed by atoms with E-state index in [9.17, 15) is 0 Å². The molecule has 0 unspecified atom stereocenters. The largest absolute Gasteiger partial charge is 0.411 e. The third-order valence-corrected chi connectivity index (χ3v) is 5.37. The van der Waals surface area contributed by atoms with Gasteiger partial charge in [0.2, 0.25) is 0 Å². The monoisotopic (exact) mass is 428 g/mol.